The van der Waals surface area contributed by atoms with Gasteiger partial charge in [0.25, 0.3) is 0 Å². The number of carbonyl (C=O) groups is 3. The highest BCUT2D eigenvalue weighted by Crippen LogP contribution is 2.16. The third kappa shape index (κ3) is 57.2. The zero-order valence-electron chi connectivity index (χ0n) is 47.2. The number of carbonyl (C=O) groups excluding carboxylic acids is 3. The molecule has 0 amide bonds. The van der Waals surface area contributed by atoms with Crippen molar-refractivity contribution in [3.8, 4) is 0 Å². The number of ether oxygens (including phenoxy) is 3. The van der Waals surface area contributed by atoms with Gasteiger partial charge in [-0.1, -0.05) is 266 Å². The molecule has 72 heavy (non-hydrogen) atoms. The molecular formula is C66H112O6. The molecule has 0 fully saturated rings. The first-order valence-electron chi connectivity index (χ1n) is 30.2. The summed E-state index contributed by atoms with van der Waals surface area (Å²) in [4.78, 5) is 38.1. The molecule has 0 aromatic rings. The van der Waals surface area contributed by atoms with Crippen LogP contribution in [0.15, 0.2) is 97.2 Å². The van der Waals surface area contributed by atoms with Crippen molar-refractivity contribution >= 4 is 17.9 Å². The topological polar surface area (TPSA) is 78.9 Å². The minimum Gasteiger partial charge on any atom is -0.462 e. The molecule has 0 N–H and O–H groups in total. The van der Waals surface area contributed by atoms with E-state index in [9.17, 15) is 14.4 Å². The maximum Gasteiger partial charge on any atom is 0.306 e. The largest absolute Gasteiger partial charge is 0.462 e. The summed E-state index contributed by atoms with van der Waals surface area (Å²) in [5, 5.41) is 0. The van der Waals surface area contributed by atoms with E-state index in [2.05, 4.69) is 118 Å². The second-order valence-corrected chi connectivity index (χ2v) is 19.9. The summed E-state index contributed by atoms with van der Waals surface area (Å²) < 4.78 is 16.8. The summed E-state index contributed by atoms with van der Waals surface area (Å²) in [5.41, 5.74) is 0. The number of allylic oxidation sites excluding steroid dienone is 16. The number of rotatable bonds is 54. The average molecular weight is 1000 g/mol. The maximum absolute atomic E-state index is 12.9. The van der Waals surface area contributed by atoms with Crippen molar-refractivity contribution in [2.75, 3.05) is 13.2 Å². The van der Waals surface area contributed by atoms with Crippen LogP contribution in [0.3, 0.4) is 0 Å². The van der Waals surface area contributed by atoms with E-state index in [0.29, 0.717) is 19.3 Å². The maximum atomic E-state index is 12.9. The summed E-state index contributed by atoms with van der Waals surface area (Å²) in [7, 11) is 0. The molecule has 1 unspecified atom stereocenters. The molecular weight excluding hydrogens is 889 g/mol. The summed E-state index contributed by atoms with van der Waals surface area (Å²) in [6, 6.07) is 0. The summed E-state index contributed by atoms with van der Waals surface area (Å²) in [6.45, 7) is 6.45. The molecule has 0 bridgehead atoms. The summed E-state index contributed by atoms with van der Waals surface area (Å²) in [6.07, 6.45) is 79.8. The van der Waals surface area contributed by atoms with Gasteiger partial charge in [0.1, 0.15) is 13.2 Å². The van der Waals surface area contributed by atoms with E-state index < -0.39 is 6.10 Å². The van der Waals surface area contributed by atoms with Crippen LogP contribution in [0.1, 0.15) is 284 Å². The van der Waals surface area contributed by atoms with Gasteiger partial charge >= 0.3 is 17.9 Å². The molecule has 0 heterocycles. The minimum absolute atomic E-state index is 0.0912. The van der Waals surface area contributed by atoms with Gasteiger partial charge in [-0.3, -0.25) is 14.4 Å². The van der Waals surface area contributed by atoms with Crippen LogP contribution in [0.25, 0.3) is 0 Å². The SMILES string of the molecule is CC/C=C\C/C=C\C/C=C\C/C=C\C/C=C\C/C=C\C/C=C\CCCCCC(=O)OCC(COC(=O)CCCCCCC/C=C\CCC)OC(=O)CCCCCCCCCCCCCCCCCCCCC. The van der Waals surface area contributed by atoms with Gasteiger partial charge in [-0.05, 0) is 96.3 Å². The van der Waals surface area contributed by atoms with E-state index in [0.717, 1.165) is 128 Å². The lowest BCUT2D eigenvalue weighted by molar-refractivity contribution is -0.167. The molecule has 0 aliphatic heterocycles. The van der Waals surface area contributed by atoms with Crippen molar-refractivity contribution in [2.24, 2.45) is 0 Å². The predicted molar refractivity (Wildman–Crippen MR) is 311 cm³/mol. The fraction of sp³-hybridized carbons (Fsp3) is 0.712. The summed E-state index contributed by atoms with van der Waals surface area (Å²) >= 11 is 0. The fourth-order valence-electron chi connectivity index (χ4n) is 8.31. The van der Waals surface area contributed by atoms with Crippen LogP contribution in [-0.2, 0) is 28.6 Å². The second-order valence-electron chi connectivity index (χ2n) is 19.9. The number of esters is 3. The Morgan fingerprint density at radius 1 is 0.292 bits per heavy atom. The molecule has 0 rings (SSSR count). The molecule has 412 valence electrons. The van der Waals surface area contributed by atoms with Crippen molar-refractivity contribution in [1.29, 1.82) is 0 Å². The van der Waals surface area contributed by atoms with Gasteiger partial charge in [0, 0.05) is 19.3 Å². The van der Waals surface area contributed by atoms with Gasteiger partial charge < -0.3 is 14.2 Å². The lowest BCUT2D eigenvalue weighted by atomic mass is 10.0. The Morgan fingerprint density at radius 3 is 0.931 bits per heavy atom. The average Bonchev–Trinajstić information content (AvgIpc) is 3.38. The third-order valence-corrected chi connectivity index (χ3v) is 12.8. The first-order valence-corrected chi connectivity index (χ1v) is 30.2. The minimum atomic E-state index is -0.794. The molecule has 0 spiro atoms. The number of hydrogen-bond donors (Lipinski definition) is 0. The van der Waals surface area contributed by atoms with Crippen LogP contribution in [0.5, 0.6) is 0 Å². The van der Waals surface area contributed by atoms with Crippen molar-refractivity contribution in [3.05, 3.63) is 97.2 Å². The van der Waals surface area contributed by atoms with Gasteiger partial charge in [-0.15, -0.1) is 0 Å². The highest BCUT2D eigenvalue weighted by atomic mass is 16.6. The van der Waals surface area contributed by atoms with Crippen molar-refractivity contribution in [1.82, 2.24) is 0 Å². The predicted octanol–water partition coefficient (Wildman–Crippen LogP) is 20.5. The van der Waals surface area contributed by atoms with E-state index in [1.165, 1.54) is 116 Å². The van der Waals surface area contributed by atoms with Crippen LogP contribution in [0, 0.1) is 0 Å². The Labute approximate surface area is 445 Å². The van der Waals surface area contributed by atoms with Crippen LogP contribution in [0.2, 0.25) is 0 Å². The van der Waals surface area contributed by atoms with Gasteiger partial charge in [0.05, 0.1) is 0 Å². The van der Waals surface area contributed by atoms with Crippen LogP contribution >= 0.6 is 0 Å². The van der Waals surface area contributed by atoms with Crippen molar-refractivity contribution in [3.63, 3.8) is 0 Å². The first kappa shape index (κ1) is 68.3. The molecule has 0 saturated heterocycles. The van der Waals surface area contributed by atoms with E-state index in [4.69, 9.17) is 14.2 Å². The third-order valence-electron chi connectivity index (χ3n) is 12.8. The molecule has 0 aliphatic carbocycles. The zero-order valence-corrected chi connectivity index (χ0v) is 47.2. The smallest absolute Gasteiger partial charge is 0.306 e. The van der Waals surface area contributed by atoms with E-state index in [-0.39, 0.29) is 31.1 Å². The molecule has 1 atom stereocenters. The molecule has 0 radical (unpaired) electrons. The highest BCUT2D eigenvalue weighted by Gasteiger charge is 2.19. The molecule has 0 aromatic heterocycles. The molecule has 6 nitrogen and oxygen atoms in total. The van der Waals surface area contributed by atoms with Crippen LogP contribution in [0.4, 0.5) is 0 Å². The summed E-state index contributed by atoms with van der Waals surface area (Å²) in [5.74, 6) is -0.928. The Kier molecular flexibility index (Phi) is 56.8. The normalized spacial score (nSPS) is 12.8. The molecule has 6 heteroatoms. The lowest BCUT2D eigenvalue weighted by Crippen LogP contribution is -2.30. The molecule has 0 aliphatic rings. The van der Waals surface area contributed by atoms with Crippen molar-refractivity contribution < 1.29 is 28.6 Å². The quantitative estimate of drug-likeness (QED) is 0.0261. The monoisotopic (exact) mass is 1000 g/mol. The number of unbranched alkanes of at least 4 members (excludes halogenated alkanes) is 27. The van der Waals surface area contributed by atoms with Gasteiger partial charge in [0.15, 0.2) is 6.10 Å². The molecule has 0 aromatic carbocycles. The first-order chi connectivity index (χ1) is 35.5. The van der Waals surface area contributed by atoms with Crippen molar-refractivity contribution in [2.45, 2.75) is 290 Å². The van der Waals surface area contributed by atoms with Crippen LogP contribution in [-0.4, -0.2) is 37.2 Å². The van der Waals surface area contributed by atoms with Crippen LogP contribution < -0.4 is 0 Å². The highest BCUT2D eigenvalue weighted by molar-refractivity contribution is 5.71. The zero-order chi connectivity index (χ0) is 52.2. The fourth-order valence-corrected chi connectivity index (χ4v) is 8.31. The number of hydrogen-bond acceptors (Lipinski definition) is 6. The van der Waals surface area contributed by atoms with E-state index in [1.807, 2.05) is 0 Å². The van der Waals surface area contributed by atoms with Gasteiger partial charge in [-0.2, -0.15) is 0 Å². The molecule has 0 saturated carbocycles. The standard InChI is InChI=1S/C66H112O6/c1-4-7-10-13-16-19-22-24-26-28-30-31-32-33-34-35-37-38-40-42-44-47-50-53-56-59-65(68)71-62-63(61-70-64(67)58-55-52-49-46-21-18-15-12-9-6-3)72-66(69)60-57-54-51-48-45-43-41-39-36-29-27-25-23-20-17-14-11-8-5-2/h7,10,12,15-16,19,24,26,30-31,33-34,37-38,42,44,63H,4-6,8-9,11,13-14,17-18,20-23,25,27-29,32,35-36,39-41,43,45-62H2,1-3H3/b10-7-,15-12-,19-16-,26-24-,31-30-,34-33-,38-37-,44-42-. The lowest BCUT2D eigenvalue weighted by Gasteiger charge is -2.18. The Balaban J connectivity index is 4.35. The van der Waals surface area contributed by atoms with Gasteiger partial charge in [0.2, 0.25) is 0 Å². The Hall–Kier alpha value is -3.67. The Morgan fingerprint density at radius 2 is 0.569 bits per heavy atom. The van der Waals surface area contributed by atoms with E-state index in [1.54, 1.807) is 0 Å². The Bertz CT molecular complexity index is 1430. The van der Waals surface area contributed by atoms with E-state index >= 15 is 0 Å². The second kappa shape index (κ2) is 59.9. The van der Waals surface area contributed by atoms with Gasteiger partial charge in [-0.25, -0.2) is 0 Å².